The lowest BCUT2D eigenvalue weighted by Crippen LogP contribution is -2.32. The highest BCUT2D eigenvalue weighted by atomic mass is 16.5. The van der Waals surface area contributed by atoms with E-state index in [0.717, 1.165) is 11.8 Å². The minimum atomic E-state index is 0.171. The highest BCUT2D eigenvalue weighted by molar-refractivity contribution is 4.83. The van der Waals surface area contributed by atoms with Gasteiger partial charge in [0.2, 0.25) is 0 Å². The summed E-state index contributed by atoms with van der Waals surface area (Å²) in [6.07, 6.45) is 10.0. The van der Waals surface area contributed by atoms with Crippen molar-refractivity contribution >= 4 is 0 Å². The number of aliphatic hydroxyl groups is 1. The Balaban J connectivity index is 1.77. The normalized spacial score (nSPS) is 37.9. The van der Waals surface area contributed by atoms with E-state index >= 15 is 0 Å². The summed E-state index contributed by atoms with van der Waals surface area (Å²) >= 11 is 0. The maximum Gasteiger partial charge on any atom is 0.0701 e. The van der Waals surface area contributed by atoms with Gasteiger partial charge >= 0.3 is 0 Å². The quantitative estimate of drug-likeness (QED) is 0.754. The Labute approximate surface area is 86.6 Å². The third kappa shape index (κ3) is 2.48. The molecule has 1 N–H and O–H groups in total. The van der Waals surface area contributed by atoms with Crippen LogP contribution in [-0.4, -0.2) is 24.4 Å². The molecule has 0 heterocycles. The summed E-state index contributed by atoms with van der Waals surface area (Å²) in [4.78, 5) is 0. The van der Waals surface area contributed by atoms with Crippen molar-refractivity contribution in [2.45, 2.75) is 51.0 Å². The first-order valence-electron chi connectivity index (χ1n) is 6.12. The first kappa shape index (κ1) is 10.4. The molecule has 2 saturated carbocycles. The van der Waals surface area contributed by atoms with E-state index in [1.807, 2.05) is 0 Å². The van der Waals surface area contributed by atoms with E-state index in [4.69, 9.17) is 9.84 Å². The van der Waals surface area contributed by atoms with Crippen LogP contribution in [0, 0.1) is 11.8 Å². The third-order valence-electron chi connectivity index (χ3n) is 3.94. The van der Waals surface area contributed by atoms with Crippen LogP contribution in [0.5, 0.6) is 0 Å². The van der Waals surface area contributed by atoms with Crippen LogP contribution in [-0.2, 0) is 4.74 Å². The van der Waals surface area contributed by atoms with Gasteiger partial charge in [0.15, 0.2) is 0 Å². The van der Waals surface area contributed by atoms with Gasteiger partial charge in [-0.2, -0.15) is 0 Å². The highest BCUT2D eigenvalue weighted by Gasteiger charge is 2.32. The minimum absolute atomic E-state index is 0.171. The van der Waals surface area contributed by atoms with Gasteiger partial charge < -0.3 is 9.84 Å². The van der Waals surface area contributed by atoms with Crippen LogP contribution in [0.2, 0.25) is 0 Å². The van der Waals surface area contributed by atoms with Crippen LogP contribution in [0.25, 0.3) is 0 Å². The fourth-order valence-corrected chi connectivity index (χ4v) is 3.20. The van der Waals surface area contributed by atoms with Crippen molar-refractivity contribution < 1.29 is 9.84 Å². The van der Waals surface area contributed by atoms with E-state index in [2.05, 4.69) is 0 Å². The lowest BCUT2D eigenvalue weighted by Gasteiger charge is -2.39. The molecule has 2 fully saturated rings. The number of hydrogen-bond donors (Lipinski definition) is 1. The molecule has 0 saturated heterocycles. The van der Waals surface area contributed by atoms with Gasteiger partial charge in [-0.1, -0.05) is 25.7 Å². The summed E-state index contributed by atoms with van der Waals surface area (Å²) in [6, 6.07) is 0. The molecule has 2 nitrogen and oxygen atoms in total. The zero-order valence-electron chi connectivity index (χ0n) is 8.95. The van der Waals surface area contributed by atoms with Crippen LogP contribution in [0.1, 0.15) is 44.9 Å². The summed E-state index contributed by atoms with van der Waals surface area (Å²) in [5.74, 6) is 1.93. The second kappa shape index (κ2) is 5.13. The Morgan fingerprint density at radius 1 is 1.00 bits per heavy atom. The van der Waals surface area contributed by atoms with Crippen molar-refractivity contribution in [1.29, 1.82) is 0 Å². The smallest absolute Gasteiger partial charge is 0.0701 e. The van der Waals surface area contributed by atoms with E-state index in [0.29, 0.717) is 12.7 Å². The molecule has 82 valence electrons. The van der Waals surface area contributed by atoms with E-state index in [1.54, 1.807) is 0 Å². The Bertz CT molecular complexity index is 170. The zero-order valence-corrected chi connectivity index (χ0v) is 8.95. The van der Waals surface area contributed by atoms with Gasteiger partial charge in [0, 0.05) is 0 Å². The maximum atomic E-state index is 8.70. The largest absolute Gasteiger partial charge is 0.394 e. The first-order valence-corrected chi connectivity index (χ1v) is 6.12. The van der Waals surface area contributed by atoms with Gasteiger partial charge in [-0.3, -0.25) is 0 Å². The lowest BCUT2D eigenvalue weighted by molar-refractivity contribution is -0.0250. The molecule has 2 aliphatic carbocycles. The minimum Gasteiger partial charge on any atom is -0.394 e. The lowest BCUT2D eigenvalue weighted by atomic mass is 9.70. The summed E-state index contributed by atoms with van der Waals surface area (Å²) in [5.41, 5.74) is 0. The molecule has 2 aliphatic rings. The summed E-state index contributed by atoms with van der Waals surface area (Å²) in [6.45, 7) is 0.701. The maximum absolute atomic E-state index is 8.70. The molecule has 0 aliphatic heterocycles. The topological polar surface area (TPSA) is 29.5 Å². The highest BCUT2D eigenvalue weighted by Crippen LogP contribution is 2.41. The van der Waals surface area contributed by atoms with Gasteiger partial charge in [0.1, 0.15) is 0 Å². The van der Waals surface area contributed by atoms with Crippen LogP contribution in [0.15, 0.2) is 0 Å². The molecule has 2 heteroatoms. The average Bonchev–Trinajstić information content (AvgIpc) is 2.26. The number of aliphatic hydroxyl groups excluding tert-OH is 1. The molecular weight excluding hydrogens is 176 g/mol. The van der Waals surface area contributed by atoms with Crippen molar-refractivity contribution in [2.75, 3.05) is 13.2 Å². The molecule has 2 rings (SSSR count). The molecule has 0 amide bonds. The summed E-state index contributed by atoms with van der Waals surface area (Å²) in [7, 11) is 0. The molecule has 0 spiro atoms. The molecule has 0 bridgehead atoms. The second-order valence-corrected chi connectivity index (χ2v) is 4.83. The molecule has 14 heavy (non-hydrogen) atoms. The standard InChI is InChI=1S/C12H22O2/c13-7-8-14-12-6-5-10-3-1-2-4-11(10)9-12/h10-13H,1-9H2. The van der Waals surface area contributed by atoms with Crippen molar-refractivity contribution in [1.82, 2.24) is 0 Å². The predicted molar refractivity (Wildman–Crippen MR) is 56.1 cm³/mol. The van der Waals surface area contributed by atoms with Gasteiger partial charge in [-0.25, -0.2) is 0 Å². The first-order chi connectivity index (χ1) is 6.90. The molecule has 0 aromatic heterocycles. The number of ether oxygens (including phenoxy) is 1. The van der Waals surface area contributed by atoms with E-state index in [1.165, 1.54) is 44.9 Å². The Kier molecular flexibility index (Phi) is 3.82. The fraction of sp³-hybridized carbons (Fsp3) is 1.00. The zero-order chi connectivity index (χ0) is 9.80. The van der Waals surface area contributed by atoms with Gasteiger partial charge in [0.05, 0.1) is 19.3 Å². The Morgan fingerprint density at radius 3 is 2.57 bits per heavy atom. The van der Waals surface area contributed by atoms with Crippen molar-refractivity contribution in [2.24, 2.45) is 11.8 Å². The van der Waals surface area contributed by atoms with Crippen LogP contribution >= 0.6 is 0 Å². The van der Waals surface area contributed by atoms with Crippen LogP contribution < -0.4 is 0 Å². The molecule has 0 radical (unpaired) electrons. The molecule has 0 aromatic rings. The predicted octanol–water partition coefficient (Wildman–Crippen LogP) is 2.35. The molecule has 3 unspecified atom stereocenters. The summed E-state index contributed by atoms with van der Waals surface area (Å²) < 4.78 is 5.63. The van der Waals surface area contributed by atoms with E-state index < -0.39 is 0 Å². The summed E-state index contributed by atoms with van der Waals surface area (Å²) in [5, 5.41) is 8.70. The van der Waals surface area contributed by atoms with Gasteiger partial charge in [0.25, 0.3) is 0 Å². The fourth-order valence-electron chi connectivity index (χ4n) is 3.20. The Morgan fingerprint density at radius 2 is 1.79 bits per heavy atom. The molecule has 3 atom stereocenters. The SMILES string of the molecule is OCCOC1CCC2CCCCC2C1. The van der Waals surface area contributed by atoms with Crippen molar-refractivity contribution in [3.05, 3.63) is 0 Å². The number of rotatable bonds is 3. The number of hydrogen-bond acceptors (Lipinski definition) is 2. The monoisotopic (exact) mass is 198 g/mol. The van der Waals surface area contributed by atoms with E-state index in [9.17, 15) is 0 Å². The average molecular weight is 198 g/mol. The van der Waals surface area contributed by atoms with Crippen LogP contribution in [0.3, 0.4) is 0 Å². The van der Waals surface area contributed by atoms with E-state index in [-0.39, 0.29) is 6.61 Å². The molecular formula is C12H22O2. The third-order valence-corrected chi connectivity index (χ3v) is 3.94. The van der Waals surface area contributed by atoms with Gasteiger partial charge in [-0.15, -0.1) is 0 Å². The van der Waals surface area contributed by atoms with Gasteiger partial charge in [-0.05, 0) is 31.1 Å². The number of fused-ring (bicyclic) bond motifs is 1. The van der Waals surface area contributed by atoms with Crippen molar-refractivity contribution in [3.8, 4) is 0 Å². The van der Waals surface area contributed by atoms with Crippen molar-refractivity contribution in [3.63, 3.8) is 0 Å². The van der Waals surface area contributed by atoms with Crippen LogP contribution in [0.4, 0.5) is 0 Å². The molecule has 0 aromatic carbocycles. The second-order valence-electron chi connectivity index (χ2n) is 4.83. The Hall–Kier alpha value is -0.0800.